The summed E-state index contributed by atoms with van der Waals surface area (Å²) < 4.78 is 67.7. The van der Waals surface area contributed by atoms with Crippen molar-refractivity contribution in [1.82, 2.24) is 0 Å². The Bertz CT molecular complexity index is 846. The van der Waals surface area contributed by atoms with Crippen molar-refractivity contribution < 1.29 is 27.1 Å². The number of anilines is 1. The normalized spacial score (nSPS) is 17.4. The van der Waals surface area contributed by atoms with Crippen LogP contribution in [-0.4, -0.2) is 23.6 Å². The second kappa shape index (κ2) is 6.27. The fourth-order valence-corrected chi connectivity index (χ4v) is 2.92. The molecule has 2 aromatic rings. The smallest absolute Gasteiger partial charge is 0.372 e. The van der Waals surface area contributed by atoms with Gasteiger partial charge in [0.05, 0.1) is 28.4 Å². The van der Waals surface area contributed by atoms with Crippen LogP contribution in [0.5, 0.6) is 0 Å². The summed E-state index contributed by atoms with van der Waals surface area (Å²) in [6.07, 6.45) is -6.02. The number of aliphatic hydroxyl groups excluding tert-OH is 1. The lowest BCUT2D eigenvalue weighted by Gasteiger charge is -2.18. The molecule has 0 bridgehead atoms. The Morgan fingerprint density at radius 2 is 1.72 bits per heavy atom. The SMILES string of the molecule is OC1CN=C(c2c(F)cccc2F)c2c(ccc(C(F)(F)F)c2Cl)N1. The topological polar surface area (TPSA) is 44.6 Å². The third kappa shape index (κ3) is 3.19. The van der Waals surface area contributed by atoms with Crippen LogP contribution >= 0.6 is 11.6 Å². The van der Waals surface area contributed by atoms with Gasteiger partial charge in [-0.2, -0.15) is 13.2 Å². The molecule has 2 aromatic carbocycles. The first kappa shape index (κ1) is 17.6. The number of aliphatic hydroxyl groups is 1. The van der Waals surface area contributed by atoms with E-state index in [0.29, 0.717) is 0 Å². The summed E-state index contributed by atoms with van der Waals surface area (Å²) in [5.41, 5.74) is -2.51. The second-order valence-corrected chi connectivity index (χ2v) is 5.67. The van der Waals surface area contributed by atoms with E-state index in [2.05, 4.69) is 10.3 Å². The molecule has 0 spiro atoms. The molecule has 0 aromatic heterocycles. The van der Waals surface area contributed by atoms with Gasteiger partial charge in [-0.05, 0) is 24.3 Å². The Morgan fingerprint density at radius 3 is 2.32 bits per heavy atom. The summed E-state index contributed by atoms with van der Waals surface area (Å²) in [7, 11) is 0. The molecule has 25 heavy (non-hydrogen) atoms. The predicted molar refractivity (Wildman–Crippen MR) is 82.9 cm³/mol. The molecule has 0 aliphatic carbocycles. The maximum atomic E-state index is 14.2. The van der Waals surface area contributed by atoms with Gasteiger partial charge in [-0.15, -0.1) is 0 Å². The van der Waals surface area contributed by atoms with Gasteiger partial charge in [0.15, 0.2) is 0 Å². The molecule has 0 amide bonds. The van der Waals surface area contributed by atoms with Crippen LogP contribution in [0.25, 0.3) is 0 Å². The minimum atomic E-state index is -4.77. The minimum Gasteiger partial charge on any atom is -0.372 e. The molecule has 0 fully saturated rings. The summed E-state index contributed by atoms with van der Waals surface area (Å²) in [6, 6.07) is 4.79. The molecule has 132 valence electrons. The van der Waals surface area contributed by atoms with Crippen LogP contribution in [-0.2, 0) is 6.18 Å². The van der Waals surface area contributed by atoms with E-state index >= 15 is 0 Å². The summed E-state index contributed by atoms with van der Waals surface area (Å²) in [6.45, 7) is -0.324. The van der Waals surface area contributed by atoms with E-state index in [-0.39, 0.29) is 17.8 Å². The number of halogens is 6. The molecule has 2 N–H and O–H groups in total. The second-order valence-electron chi connectivity index (χ2n) is 5.29. The van der Waals surface area contributed by atoms with Crippen molar-refractivity contribution in [2.75, 3.05) is 11.9 Å². The van der Waals surface area contributed by atoms with E-state index in [9.17, 15) is 27.1 Å². The maximum absolute atomic E-state index is 14.2. The van der Waals surface area contributed by atoms with Crippen LogP contribution in [0.2, 0.25) is 5.02 Å². The quantitative estimate of drug-likeness (QED) is 0.732. The van der Waals surface area contributed by atoms with E-state index in [0.717, 1.165) is 30.3 Å². The molecule has 3 nitrogen and oxygen atoms in total. The van der Waals surface area contributed by atoms with Gasteiger partial charge in [-0.3, -0.25) is 4.99 Å². The molecule has 0 saturated carbocycles. The van der Waals surface area contributed by atoms with Gasteiger partial charge in [-0.25, -0.2) is 8.78 Å². The van der Waals surface area contributed by atoms with Crippen molar-refractivity contribution in [3.63, 3.8) is 0 Å². The average molecular weight is 377 g/mol. The number of hydrogen-bond donors (Lipinski definition) is 2. The standard InChI is InChI=1S/C16H10ClF5N2O/c17-14-7(16(20,21)22)4-5-10-13(14)15(23-6-11(25)24-10)12-8(18)2-1-3-9(12)19/h1-5,11,24-25H,6H2. The first-order valence-corrected chi connectivity index (χ1v) is 7.41. The number of rotatable bonds is 1. The highest BCUT2D eigenvalue weighted by Gasteiger charge is 2.36. The van der Waals surface area contributed by atoms with Gasteiger partial charge in [0.25, 0.3) is 0 Å². The number of benzene rings is 2. The van der Waals surface area contributed by atoms with E-state index < -0.39 is 45.9 Å². The molecular formula is C16H10ClF5N2O. The van der Waals surface area contributed by atoms with E-state index in [1.54, 1.807) is 0 Å². The number of hydrogen-bond acceptors (Lipinski definition) is 3. The number of nitrogens with one attached hydrogen (secondary N) is 1. The van der Waals surface area contributed by atoms with E-state index in [1.807, 2.05) is 0 Å². The van der Waals surface area contributed by atoms with Crippen molar-refractivity contribution >= 4 is 23.0 Å². The fraction of sp³-hybridized carbons (Fsp3) is 0.188. The highest BCUT2D eigenvalue weighted by atomic mass is 35.5. The minimum absolute atomic E-state index is 0.00981. The predicted octanol–water partition coefficient (Wildman–Crippen LogP) is 4.22. The summed E-state index contributed by atoms with van der Waals surface area (Å²) in [5, 5.41) is 11.6. The van der Waals surface area contributed by atoms with Crippen molar-refractivity contribution in [2.24, 2.45) is 4.99 Å². The maximum Gasteiger partial charge on any atom is 0.417 e. The molecule has 3 rings (SSSR count). The monoisotopic (exact) mass is 376 g/mol. The summed E-state index contributed by atoms with van der Waals surface area (Å²) in [5.74, 6) is -2.01. The Labute approximate surface area is 143 Å². The largest absolute Gasteiger partial charge is 0.417 e. The van der Waals surface area contributed by atoms with Crippen LogP contribution < -0.4 is 5.32 Å². The van der Waals surface area contributed by atoms with Crippen LogP contribution in [0.4, 0.5) is 27.6 Å². The highest BCUT2D eigenvalue weighted by molar-refractivity contribution is 6.37. The third-order valence-corrected chi connectivity index (χ3v) is 4.02. The molecule has 9 heteroatoms. The first-order valence-electron chi connectivity index (χ1n) is 7.03. The van der Waals surface area contributed by atoms with E-state index in [1.165, 1.54) is 0 Å². The molecule has 1 heterocycles. The van der Waals surface area contributed by atoms with Gasteiger partial charge >= 0.3 is 6.18 Å². The zero-order chi connectivity index (χ0) is 18.4. The van der Waals surface area contributed by atoms with Crippen LogP contribution in [0.3, 0.4) is 0 Å². The summed E-state index contributed by atoms with van der Waals surface area (Å²) >= 11 is 5.91. The number of alkyl halides is 3. The van der Waals surface area contributed by atoms with Crippen molar-refractivity contribution in [3.05, 3.63) is 63.7 Å². The molecule has 1 atom stereocenters. The van der Waals surface area contributed by atoms with Gasteiger partial charge in [0.1, 0.15) is 17.9 Å². The van der Waals surface area contributed by atoms with Gasteiger partial charge in [0.2, 0.25) is 0 Å². The third-order valence-electron chi connectivity index (χ3n) is 3.63. The Kier molecular flexibility index (Phi) is 4.42. The average Bonchev–Trinajstić information content (AvgIpc) is 2.66. The van der Waals surface area contributed by atoms with E-state index in [4.69, 9.17) is 11.6 Å². The molecule has 1 unspecified atom stereocenters. The molecule has 1 aliphatic heterocycles. The molecule has 0 saturated heterocycles. The van der Waals surface area contributed by atoms with Crippen molar-refractivity contribution in [1.29, 1.82) is 0 Å². The zero-order valence-corrected chi connectivity index (χ0v) is 13.1. The van der Waals surface area contributed by atoms with Gasteiger partial charge < -0.3 is 10.4 Å². The fourth-order valence-electron chi connectivity index (χ4n) is 2.56. The Morgan fingerprint density at radius 1 is 1.08 bits per heavy atom. The van der Waals surface area contributed by atoms with Gasteiger partial charge in [-0.1, -0.05) is 17.7 Å². The zero-order valence-electron chi connectivity index (χ0n) is 12.3. The highest BCUT2D eigenvalue weighted by Crippen LogP contribution is 2.41. The number of nitrogens with zero attached hydrogens (tertiary/aromatic N) is 1. The van der Waals surface area contributed by atoms with Crippen molar-refractivity contribution in [2.45, 2.75) is 12.4 Å². The lowest BCUT2D eigenvalue weighted by atomic mass is 9.97. The lowest BCUT2D eigenvalue weighted by Crippen LogP contribution is -2.21. The molecule has 0 radical (unpaired) electrons. The summed E-state index contributed by atoms with van der Waals surface area (Å²) in [4.78, 5) is 3.89. The Balaban J connectivity index is 2.33. The number of benzodiazepines with no additional fused rings is 1. The van der Waals surface area contributed by atoms with Crippen LogP contribution in [0, 0.1) is 11.6 Å². The van der Waals surface area contributed by atoms with Crippen LogP contribution in [0.15, 0.2) is 35.3 Å². The molecule has 1 aliphatic rings. The number of aliphatic imine (C=N–C) groups is 1. The Hall–Kier alpha value is -2.19. The number of fused-ring (bicyclic) bond motifs is 1. The first-order chi connectivity index (χ1) is 11.7. The van der Waals surface area contributed by atoms with Crippen molar-refractivity contribution in [3.8, 4) is 0 Å². The lowest BCUT2D eigenvalue weighted by molar-refractivity contribution is -0.137. The van der Waals surface area contributed by atoms with Gasteiger partial charge in [0, 0.05) is 11.3 Å². The van der Waals surface area contributed by atoms with Crippen LogP contribution in [0.1, 0.15) is 16.7 Å². The molecular weight excluding hydrogens is 367 g/mol.